The smallest absolute Gasteiger partial charge is 0.151 e. The molecule has 0 spiro atoms. The van der Waals surface area contributed by atoms with Crippen LogP contribution in [0.5, 0.6) is 0 Å². The highest BCUT2D eigenvalue weighted by molar-refractivity contribution is 5.86. The lowest BCUT2D eigenvalue weighted by Crippen LogP contribution is -2.25. The largest absolute Gasteiger partial charge is 0.341 e. The summed E-state index contributed by atoms with van der Waals surface area (Å²) in [6.45, 7) is 5.76. The van der Waals surface area contributed by atoms with Gasteiger partial charge < -0.3 is 9.88 Å². The molecule has 0 saturated heterocycles. The van der Waals surface area contributed by atoms with E-state index in [0.717, 1.165) is 31.4 Å². The SMILES string of the molecule is Cc1ccc2c(c1)c1c(n2CC(C)(F)c2ccc(F)cc2)CCNCC1. The fraction of sp³-hybridized carbons (Fsp3) is 0.364. The van der Waals surface area contributed by atoms with Gasteiger partial charge in [0.05, 0.1) is 6.54 Å². The number of aromatic nitrogens is 1. The van der Waals surface area contributed by atoms with Gasteiger partial charge in [-0.2, -0.15) is 0 Å². The fourth-order valence-corrected chi connectivity index (χ4v) is 4.07. The van der Waals surface area contributed by atoms with Crippen molar-refractivity contribution < 1.29 is 8.78 Å². The van der Waals surface area contributed by atoms with Gasteiger partial charge in [0.25, 0.3) is 0 Å². The number of fused-ring (bicyclic) bond motifs is 3. The molecule has 2 heterocycles. The highest BCUT2D eigenvalue weighted by Gasteiger charge is 2.30. The molecular weight excluding hydrogens is 330 g/mol. The Balaban J connectivity index is 1.83. The second kappa shape index (κ2) is 6.51. The predicted octanol–water partition coefficient (Wildman–Crippen LogP) is 4.66. The molecule has 0 aliphatic carbocycles. The van der Waals surface area contributed by atoms with Crippen LogP contribution in [-0.4, -0.2) is 17.7 Å². The van der Waals surface area contributed by atoms with E-state index < -0.39 is 5.67 Å². The summed E-state index contributed by atoms with van der Waals surface area (Å²) in [5, 5.41) is 4.67. The lowest BCUT2D eigenvalue weighted by atomic mass is 9.97. The Morgan fingerprint density at radius 1 is 1.08 bits per heavy atom. The summed E-state index contributed by atoms with van der Waals surface area (Å²) >= 11 is 0. The van der Waals surface area contributed by atoms with Crippen molar-refractivity contribution >= 4 is 10.9 Å². The van der Waals surface area contributed by atoms with Crippen LogP contribution in [-0.2, 0) is 25.1 Å². The Bertz CT molecular complexity index is 939. The van der Waals surface area contributed by atoms with E-state index in [0.29, 0.717) is 5.56 Å². The summed E-state index contributed by atoms with van der Waals surface area (Å²) in [5.74, 6) is -0.341. The summed E-state index contributed by atoms with van der Waals surface area (Å²) in [6, 6.07) is 12.2. The van der Waals surface area contributed by atoms with E-state index in [1.54, 1.807) is 19.1 Å². The molecule has 0 amide bonds. The van der Waals surface area contributed by atoms with Crippen LogP contribution in [0.3, 0.4) is 0 Å². The molecule has 1 aliphatic heterocycles. The molecule has 136 valence electrons. The molecule has 3 aromatic rings. The lowest BCUT2D eigenvalue weighted by molar-refractivity contribution is 0.162. The Labute approximate surface area is 152 Å². The number of rotatable bonds is 3. The molecule has 26 heavy (non-hydrogen) atoms. The molecular formula is C22H24F2N2. The first-order chi connectivity index (χ1) is 12.5. The second-order valence-electron chi connectivity index (χ2n) is 7.49. The Kier molecular flexibility index (Phi) is 4.31. The third-order valence-corrected chi connectivity index (χ3v) is 5.43. The van der Waals surface area contributed by atoms with E-state index in [4.69, 9.17) is 0 Å². The van der Waals surface area contributed by atoms with Crippen molar-refractivity contribution in [2.45, 2.75) is 38.9 Å². The average molecular weight is 354 g/mol. The van der Waals surface area contributed by atoms with Crippen molar-refractivity contribution in [3.05, 3.63) is 70.7 Å². The van der Waals surface area contributed by atoms with Crippen LogP contribution in [0.25, 0.3) is 10.9 Å². The maximum absolute atomic E-state index is 15.6. The Morgan fingerprint density at radius 2 is 1.81 bits per heavy atom. The summed E-state index contributed by atoms with van der Waals surface area (Å²) in [6.07, 6.45) is 1.85. The second-order valence-corrected chi connectivity index (χ2v) is 7.49. The highest BCUT2D eigenvalue weighted by Crippen LogP contribution is 2.34. The van der Waals surface area contributed by atoms with E-state index in [1.165, 1.54) is 34.3 Å². The number of benzene rings is 2. The zero-order valence-corrected chi connectivity index (χ0v) is 15.3. The highest BCUT2D eigenvalue weighted by atomic mass is 19.1. The van der Waals surface area contributed by atoms with Gasteiger partial charge in [-0.1, -0.05) is 23.8 Å². The standard InChI is InChI=1S/C22H24F2N2/c1-15-3-8-20-19(13-15)18-9-11-25-12-10-21(18)26(20)14-22(2,24)16-4-6-17(23)7-5-16/h3-8,13,25H,9-12,14H2,1-2H3. The minimum absolute atomic E-state index is 0.230. The van der Waals surface area contributed by atoms with E-state index in [-0.39, 0.29) is 12.4 Å². The quantitative estimate of drug-likeness (QED) is 0.724. The van der Waals surface area contributed by atoms with Crippen LogP contribution in [0.15, 0.2) is 42.5 Å². The predicted molar refractivity (Wildman–Crippen MR) is 102 cm³/mol. The zero-order valence-electron chi connectivity index (χ0n) is 15.3. The zero-order chi connectivity index (χ0) is 18.3. The van der Waals surface area contributed by atoms with Gasteiger partial charge in [-0.05, 0) is 62.2 Å². The maximum atomic E-state index is 15.6. The molecule has 1 aliphatic rings. The molecule has 0 radical (unpaired) electrons. The monoisotopic (exact) mass is 354 g/mol. The van der Waals surface area contributed by atoms with E-state index in [1.807, 2.05) is 0 Å². The van der Waals surface area contributed by atoms with Gasteiger partial charge in [-0.3, -0.25) is 0 Å². The van der Waals surface area contributed by atoms with Gasteiger partial charge >= 0.3 is 0 Å². The average Bonchev–Trinajstić information content (AvgIpc) is 2.77. The summed E-state index contributed by atoms with van der Waals surface area (Å²) in [4.78, 5) is 0. The van der Waals surface area contributed by atoms with Crippen LogP contribution >= 0.6 is 0 Å². The fourth-order valence-electron chi connectivity index (χ4n) is 4.07. The first-order valence-corrected chi connectivity index (χ1v) is 9.22. The maximum Gasteiger partial charge on any atom is 0.151 e. The number of alkyl halides is 1. The molecule has 1 aromatic heterocycles. The molecule has 2 aromatic carbocycles. The molecule has 0 fully saturated rings. The molecule has 4 heteroatoms. The first-order valence-electron chi connectivity index (χ1n) is 9.22. The molecule has 1 unspecified atom stereocenters. The van der Waals surface area contributed by atoms with Crippen molar-refractivity contribution in [3.8, 4) is 0 Å². The van der Waals surface area contributed by atoms with Crippen LogP contribution in [0.4, 0.5) is 8.78 Å². The van der Waals surface area contributed by atoms with Crippen LogP contribution in [0, 0.1) is 12.7 Å². The van der Waals surface area contributed by atoms with Gasteiger partial charge in [0.15, 0.2) is 5.67 Å². The minimum atomic E-state index is -1.57. The van der Waals surface area contributed by atoms with E-state index in [9.17, 15) is 4.39 Å². The lowest BCUT2D eigenvalue weighted by Gasteiger charge is -2.24. The van der Waals surface area contributed by atoms with Crippen LogP contribution < -0.4 is 5.32 Å². The summed E-state index contributed by atoms with van der Waals surface area (Å²) in [7, 11) is 0. The normalized spacial score (nSPS) is 16.9. The topological polar surface area (TPSA) is 17.0 Å². The third kappa shape index (κ3) is 3.03. The third-order valence-electron chi connectivity index (χ3n) is 5.43. The van der Waals surface area contributed by atoms with Crippen LogP contribution in [0.1, 0.15) is 29.3 Å². The number of nitrogens with one attached hydrogen (secondary N) is 1. The Hall–Kier alpha value is -2.20. The summed E-state index contributed by atoms with van der Waals surface area (Å²) < 4.78 is 31.0. The van der Waals surface area contributed by atoms with Crippen molar-refractivity contribution in [1.29, 1.82) is 0 Å². The summed E-state index contributed by atoms with van der Waals surface area (Å²) in [5.41, 5.74) is 3.81. The molecule has 4 rings (SSSR count). The molecule has 1 atom stereocenters. The molecule has 0 saturated carbocycles. The van der Waals surface area contributed by atoms with Crippen LogP contribution in [0.2, 0.25) is 0 Å². The van der Waals surface area contributed by atoms with Gasteiger partial charge in [-0.25, -0.2) is 8.78 Å². The van der Waals surface area contributed by atoms with E-state index in [2.05, 4.69) is 35.0 Å². The van der Waals surface area contributed by atoms with E-state index >= 15 is 4.39 Å². The number of halogens is 2. The number of nitrogens with zero attached hydrogens (tertiary/aromatic N) is 1. The van der Waals surface area contributed by atoms with Gasteiger partial charge in [-0.15, -0.1) is 0 Å². The van der Waals surface area contributed by atoms with Gasteiger partial charge in [0, 0.05) is 29.6 Å². The van der Waals surface area contributed by atoms with Crippen molar-refractivity contribution in [2.75, 3.05) is 13.1 Å². The van der Waals surface area contributed by atoms with Crippen molar-refractivity contribution in [2.24, 2.45) is 0 Å². The Morgan fingerprint density at radius 3 is 2.58 bits per heavy atom. The minimum Gasteiger partial charge on any atom is -0.341 e. The first kappa shape index (κ1) is 17.2. The van der Waals surface area contributed by atoms with Gasteiger partial charge in [0.1, 0.15) is 5.82 Å². The number of aryl methyl sites for hydroxylation is 1. The van der Waals surface area contributed by atoms with Crippen molar-refractivity contribution in [1.82, 2.24) is 9.88 Å². The molecule has 1 N–H and O–H groups in total. The number of hydrogen-bond acceptors (Lipinski definition) is 1. The van der Waals surface area contributed by atoms with Gasteiger partial charge in [0.2, 0.25) is 0 Å². The van der Waals surface area contributed by atoms with Crippen molar-refractivity contribution in [3.63, 3.8) is 0 Å². The number of hydrogen-bond donors (Lipinski definition) is 1. The molecule has 2 nitrogen and oxygen atoms in total. The molecule has 0 bridgehead atoms.